The van der Waals surface area contributed by atoms with Gasteiger partial charge in [-0.1, -0.05) is 0 Å². The molecule has 100 valence electrons. The van der Waals surface area contributed by atoms with E-state index in [-0.39, 0.29) is 22.1 Å². The summed E-state index contributed by atoms with van der Waals surface area (Å²) in [5.74, 6) is -0.792. The van der Waals surface area contributed by atoms with Crippen LogP contribution in [0.1, 0.15) is 0 Å². The standard InChI is InChI=1S/C12H11NO5S/c13-8-1-3-12(4-2-8)19(16,17)18-11-6-9(14)5-10(15)7-11/h1-7,14-15H,13H2. The van der Waals surface area contributed by atoms with Gasteiger partial charge in [0.15, 0.2) is 0 Å². The SMILES string of the molecule is Nc1ccc(S(=O)(=O)Oc2cc(O)cc(O)c2)cc1. The molecule has 0 spiro atoms. The van der Waals surface area contributed by atoms with Crippen LogP contribution in [0, 0.1) is 0 Å². The van der Waals surface area contributed by atoms with Gasteiger partial charge in [-0.25, -0.2) is 0 Å². The zero-order chi connectivity index (χ0) is 14.0. The predicted molar refractivity (Wildman–Crippen MR) is 68.4 cm³/mol. The van der Waals surface area contributed by atoms with Gasteiger partial charge in [0.05, 0.1) is 0 Å². The average molecular weight is 281 g/mol. The molecule has 0 aliphatic carbocycles. The normalized spacial score (nSPS) is 11.2. The fourth-order valence-corrected chi connectivity index (χ4v) is 2.34. The summed E-state index contributed by atoms with van der Waals surface area (Å²) in [6.45, 7) is 0. The van der Waals surface area contributed by atoms with Gasteiger partial charge < -0.3 is 20.1 Å². The van der Waals surface area contributed by atoms with Crippen molar-refractivity contribution in [1.82, 2.24) is 0 Å². The third kappa shape index (κ3) is 3.08. The van der Waals surface area contributed by atoms with Crippen molar-refractivity contribution in [2.75, 3.05) is 5.73 Å². The monoisotopic (exact) mass is 281 g/mol. The smallest absolute Gasteiger partial charge is 0.339 e. The minimum Gasteiger partial charge on any atom is -0.508 e. The summed E-state index contributed by atoms with van der Waals surface area (Å²) in [6.07, 6.45) is 0. The Morgan fingerprint density at radius 2 is 1.47 bits per heavy atom. The van der Waals surface area contributed by atoms with Crippen LogP contribution < -0.4 is 9.92 Å². The first-order chi connectivity index (χ1) is 8.87. The molecule has 0 bridgehead atoms. The molecule has 0 saturated carbocycles. The molecule has 0 aliphatic heterocycles. The van der Waals surface area contributed by atoms with Crippen LogP contribution in [0.4, 0.5) is 5.69 Å². The lowest BCUT2D eigenvalue weighted by Crippen LogP contribution is -2.09. The number of anilines is 1. The Morgan fingerprint density at radius 1 is 0.947 bits per heavy atom. The zero-order valence-corrected chi connectivity index (χ0v) is 10.5. The maximum Gasteiger partial charge on any atom is 0.339 e. The summed E-state index contributed by atoms with van der Waals surface area (Å²) >= 11 is 0. The first-order valence-corrected chi connectivity index (χ1v) is 6.61. The van der Waals surface area contributed by atoms with E-state index in [0.717, 1.165) is 18.2 Å². The fraction of sp³-hybridized carbons (Fsp3) is 0. The van der Waals surface area contributed by atoms with Crippen molar-refractivity contribution in [1.29, 1.82) is 0 Å². The maximum absolute atomic E-state index is 11.9. The Labute approximate surface area is 109 Å². The number of phenolic OH excluding ortho intramolecular Hbond substituents is 2. The number of aromatic hydroxyl groups is 2. The van der Waals surface area contributed by atoms with Crippen LogP contribution in [-0.2, 0) is 10.1 Å². The molecule has 2 rings (SSSR count). The minimum atomic E-state index is -4.04. The molecule has 2 aromatic carbocycles. The highest BCUT2D eigenvalue weighted by molar-refractivity contribution is 7.87. The molecule has 0 atom stereocenters. The number of nitrogen functional groups attached to an aromatic ring is 1. The highest BCUT2D eigenvalue weighted by Gasteiger charge is 2.17. The van der Waals surface area contributed by atoms with Gasteiger partial charge in [-0.15, -0.1) is 0 Å². The molecule has 0 aliphatic rings. The minimum absolute atomic E-state index is 0.0791. The molecule has 6 nitrogen and oxygen atoms in total. The van der Waals surface area contributed by atoms with Gasteiger partial charge in [-0.3, -0.25) is 0 Å². The number of hydrogen-bond acceptors (Lipinski definition) is 6. The molecule has 0 radical (unpaired) electrons. The molecular weight excluding hydrogens is 270 g/mol. The first-order valence-electron chi connectivity index (χ1n) is 5.20. The Morgan fingerprint density at radius 3 is 2.00 bits per heavy atom. The second-order valence-corrected chi connectivity index (χ2v) is 5.34. The van der Waals surface area contributed by atoms with E-state index in [1.165, 1.54) is 24.3 Å². The van der Waals surface area contributed by atoms with Crippen LogP contribution in [0.5, 0.6) is 17.2 Å². The van der Waals surface area contributed by atoms with Crippen LogP contribution >= 0.6 is 0 Å². The second kappa shape index (κ2) is 4.69. The number of rotatable bonds is 3. The molecule has 0 heterocycles. The molecule has 0 saturated heterocycles. The van der Waals surface area contributed by atoms with Gasteiger partial charge in [0.2, 0.25) is 0 Å². The molecule has 4 N–H and O–H groups in total. The van der Waals surface area contributed by atoms with Crippen LogP contribution in [0.3, 0.4) is 0 Å². The fourth-order valence-electron chi connectivity index (χ4n) is 1.43. The summed E-state index contributed by atoms with van der Waals surface area (Å²) in [4.78, 5) is -0.0791. The average Bonchev–Trinajstić information content (AvgIpc) is 2.27. The van der Waals surface area contributed by atoms with Crippen molar-refractivity contribution >= 4 is 15.8 Å². The molecule has 0 unspecified atom stereocenters. The second-order valence-electron chi connectivity index (χ2n) is 3.79. The van der Waals surface area contributed by atoms with Crippen molar-refractivity contribution in [2.24, 2.45) is 0 Å². The van der Waals surface area contributed by atoms with Crippen LogP contribution in [0.15, 0.2) is 47.4 Å². The number of benzene rings is 2. The largest absolute Gasteiger partial charge is 0.508 e. The lowest BCUT2D eigenvalue weighted by atomic mass is 10.3. The third-order valence-electron chi connectivity index (χ3n) is 2.25. The maximum atomic E-state index is 11.9. The molecule has 0 amide bonds. The predicted octanol–water partition coefficient (Wildman–Crippen LogP) is 1.45. The molecule has 0 aromatic heterocycles. The Kier molecular flexibility index (Phi) is 3.22. The van der Waals surface area contributed by atoms with Gasteiger partial charge >= 0.3 is 10.1 Å². The number of hydrogen-bond donors (Lipinski definition) is 3. The van der Waals surface area contributed by atoms with E-state index in [1.807, 2.05) is 0 Å². The van der Waals surface area contributed by atoms with E-state index in [2.05, 4.69) is 0 Å². The molecular formula is C12H11NO5S. The van der Waals surface area contributed by atoms with Gasteiger partial charge in [-0.2, -0.15) is 8.42 Å². The summed E-state index contributed by atoms with van der Waals surface area (Å²) in [7, 11) is -4.04. The van der Waals surface area contributed by atoms with Gasteiger partial charge in [0.25, 0.3) is 0 Å². The first kappa shape index (κ1) is 13.0. The lowest BCUT2D eigenvalue weighted by molar-refractivity contribution is 0.440. The Hall–Kier alpha value is -2.41. The zero-order valence-electron chi connectivity index (χ0n) is 9.65. The van der Waals surface area contributed by atoms with Crippen molar-refractivity contribution in [3.05, 3.63) is 42.5 Å². The number of nitrogens with two attached hydrogens (primary N) is 1. The van der Waals surface area contributed by atoms with Gasteiger partial charge in [0.1, 0.15) is 22.1 Å². The van der Waals surface area contributed by atoms with Crippen LogP contribution in [0.25, 0.3) is 0 Å². The highest BCUT2D eigenvalue weighted by atomic mass is 32.2. The van der Waals surface area contributed by atoms with E-state index < -0.39 is 10.1 Å². The van der Waals surface area contributed by atoms with E-state index in [9.17, 15) is 18.6 Å². The Bertz CT molecular complexity index is 674. The van der Waals surface area contributed by atoms with Crippen molar-refractivity contribution in [3.63, 3.8) is 0 Å². The molecule has 19 heavy (non-hydrogen) atoms. The van der Waals surface area contributed by atoms with E-state index in [0.29, 0.717) is 5.69 Å². The summed E-state index contributed by atoms with van der Waals surface area (Å²) in [5.41, 5.74) is 5.89. The van der Waals surface area contributed by atoms with E-state index in [1.54, 1.807) is 0 Å². The van der Waals surface area contributed by atoms with Gasteiger partial charge in [0, 0.05) is 23.9 Å². The highest BCUT2D eigenvalue weighted by Crippen LogP contribution is 2.28. The number of phenols is 2. The van der Waals surface area contributed by atoms with Crippen molar-refractivity contribution in [2.45, 2.75) is 4.90 Å². The summed E-state index contributed by atoms with van der Waals surface area (Å²) in [5, 5.41) is 18.5. The van der Waals surface area contributed by atoms with E-state index in [4.69, 9.17) is 9.92 Å². The molecule has 7 heteroatoms. The lowest BCUT2D eigenvalue weighted by Gasteiger charge is -2.08. The van der Waals surface area contributed by atoms with Crippen molar-refractivity contribution in [3.8, 4) is 17.2 Å². The summed E-state index contributed by atoms with van der Waals surface area (Å²) < 4.78 is 28.6. The van der Waals surface area contributed by atoms with Crippen molar-refractivity contribution < 1.29 is 22.8 Å². The quantitative estimate of drug-likeness (QED) is 0.580. The summed E-state index contributed by atoms with van der Waals surface area (Å²) in [6, 6.07) is 8.67. The Balaban J connectivity index is 2.33. The molecule has 2 aromatic rings. The third-order valence-corrected chi connectivity index (χ3v) is 3.51. The van der Waals surface area contributed by atoms with E-state index >= 15 is 0 Å². The van der Waals surface area contributed by atoms with Gasteiger partial charge in [-0.05, 0) is 24.3 Å². The van der Waals surface area contributed by atoms with Crippen LogP contribution in [-0.4, -0.2) is 18.6 Å². The van der Waals surface area contributed by atoms with Crippen LogP contribution in [0.2, 0.25) is 0 Å². The molecule has 0 fully saturated rings. The topological polar surface area (TPSA) is 110 Å².